The van der Waals surface area contributed by atoms with Crippen LogP contribution in [0.25, 0.3) is 0 Å². The number of hydrogen-bond acceptors (Lipinski definition) is 3. The molecule has 1 unspecified atom stereocenters. The minimum atomic E-state index is -0.497. The highest BCUT2D eigenvalue weighted by Crippen LogP contribution is 2.24. The average Bonchev–Trinajstić information content (AvgIpc) is 2.47. The second kappa shape index (κ2) is 9.38. The molecule has 1 fully saturated rings. The Morgan fingerprint density at radius 1 is 1.15 bits per heavy atom. The van der Waals surface area contributed by atoms with Crippen LogP contribution in [0.4, 0.5) is 0 Å². The molecule has 1 atom stereocenters. The van der Waals surface area contributed by atoms with Gasteiger partial charge in [0.1, 0.15) is 5.54 Å². The third-order valence-electron chi connectivity index (χ3n) is 4.54. The summed E-state index contributed by atoms with van der Waals surface area (Å²) in [5.41, 5.74) is -0.497. The van der Waals surface area contributed by atoms with Crippen LogP contribution in [-0.2, 0) is 9.53 Å². The molecule has 0 bridgehead atoms. The second-order valence-corrected chi connectivity index (χ2v) is 6.47. The van der Waals surface area contributed by atoms with Crippen molar-refractivity contribution in [3.8, 4) is 0 Å². The molecule has 0 aromatic rings. The lowest BCUT2D eigenvalue weighted by Crippen LogP contribution is -2.54. The zero-order valence-electron chi connectivity index (χ0n) is 13.7. The van der Waals surface area contributed by atoms with Crippen molar-refractivity contribution in [3.05, 3.63) is 0 Å². The number of carbonyl (C=O) groups is 1. The van der Waals surface area contributed by atoms with Gasteiger partial charge in [-0.05, 0) is 26.2 Å². The fourth-order valence-electron chi connectivity index (χ4n) is 3.24. The number of hydrogen-bond donors (Lipinski definition) is 1. The van der Waals surface area contributed by atoms with Gasteiger partial charge in [-0.2, -0.15) is 0 Å². The zero-order valence-corrected chi connectivity index (χ0v) is 13.7. The first-order valence-electron chi connectivity index (χ1n) is 8.48. The Kier molecular flexibility index (Phi) is 8.20. The van der Waals surface area contributed by atoms with Crippen molar-refractivity contribution in [3.63, 3.8) is 0 Å². The Hall–Kier alpha value is -0.570. The first-order valence-corrected chi connectivity index (χ1v) is 8.48. The van der Waals surface area contributed by atoms with Gasteiger partial charge in [-0.3, -0.25) is 10.1 Å². The number of rotatable bonds is 9. The lowest BCUT2D eigenvalue weighted by Gasteiger charge is -2.34. The van der Waals surface area contributed by atoms with Crippen molar-refractivity contribution < 1.29 is 9.53 Å². The third kappa shape index (κ3) is 5.82. The smallest absolute Gasteiger partial charge is 0.325 e. The molecule has 1 aliphatic carbocycles. The zero-order chi connectivity index (χ0) is 14.8. The highest BCUT2D eigenvalue weighted by molar-refractivity contribution is 5.80. The molecule has 0 aromatic heterocycles. The lowest BCUT2D eigenvalue weighted by atomic mass is 9.89. The molecule has 118 valence electrons. The lowest BCUT2D eigenvalue weighted by molar-refractivity contribution is -0.148. The van der Waals surface area contributed by atoms with Gasteiger partial charge in [-0.15, -0.1) is 0 Å². The van der Waals surface area contributed by atoms with Gasteiger partial charge in [0.05, 0.1) is 7.11 Å². The van der Waals surface area contributed by atoms with Crippen molar-refractivity contribution >= 4 is 5.97 Å². The van der Waals surface area contributed by atoms with Gasteiger partial charge in [-0.1, -0.05) is 58.3 Å². The molecule has 1 saturated carbocycles. The summed E-state index contributed by atoms with van der Waals surface area (Å²) in [6.07, 6.45) is 13.3. The molecule has 0 spiro atoms. The fourth-order valence-corrected chi connectivity index (χ4v) is 3.24. The molecule has 0 heterocycles. The van der Waals surface area contributed by atoms with E-state index in [9.17, 15) is 4.79 Å². The quantitative estimate of drug-likeness (QED) is 0.509. The summed E-state index contributed by atoms with van der Waals surface area (Å²) in [7, 11) is 1.50. The van der Waals surface area contributed by atoms with E-state index in [1.54, 1.807) is 0 Å². The van der Waals surface area contributed by atoms with Crippen LogP contribution in [0.2, 0.25) is 0 Å². The van der Waals surface area contributed by atoms with Crippen LogP contribution in [-0.4, -0.2) is 24.7 Å². The van der Waals surface area contributed by atoms with E-state index in [1.807, 2.05) is 6.92 Å². The maximum absolute atomic E-state index is 12.1. The Balaban J connectivity index is 2.45. The molecule has 0 amide bonds. The predicted octanol–water partition coefficient (Wildman–Crippen LogP) is 4.20. The molecule has 3 heteroatoms. The summed E-state index contributed by atoms with van der Waals surface area (Å²) in [5, 5.41) is 3.60. The highest BCUT2D eigenvalue weighted by atomic mass is 16.5. The maximum Gasteiger partial charge on any atom is 0.325 e. The van der Waals surface area contributed by atoms with E-state index in [4.69, 9.17) is 4.74 Å². The molecule has 1 aliphatic rings. The molecule has 0 saturated heterocycles. The Morgan fingerprint density at radius 2 is 1.80 bits per heavy atom. The van der Waals surface area contributed by atoms with Crippen LogP contribution in [0, 0.1) is 0 Å². The molecule has 20 heavy (non-hydrogen) atoms. The minimum Gasteiger partial charge on any atom is -0.468 e. The van der Waals surface area contributed by atoms with Crippen LogP contribution in [0.1, 0.15) is 84.5 Å². The van der Waals surface area contributed by atoms with E-state index in [2.05, 4.69) is 12.2 Å². The van der Waals surface area contributed by atoms with Gasteiger partial charge in [0.2, 0.25) is 0 Å². The van der Waals surface area contributed by atoms with Crippen LogP contribution >= 0.6 is 0 Å². The SMILES string of the molecule is CCCCCCCC(C)(NC1CCCCC1)C(=O)OC. The van der Waals surface area contributed by atoms with Gasteiger partial charge in [-0.25, -0.2) is 0 Å². The number of carbonyl (C=O) groups excluding carboxylic acids is 1. The van der Waals surface area contributed by atoms with E-state index in [-0.39, 0.29) is 5.97 Å². The maximum atomic E-state index is 12.1. The third-order valence-corrected chi connectivity index (χ3v) is 4.54. The second-order valence-electron chi connectivity index (χ2n) is 6.47. The molecule has 0 aromatic carbocycles. The van der Waals surface area contributed by atoms with Crippen molar-refractivity contribution in [1.29, 1.82) is 0 Å². The van der Waals surface area contributed by atoms with Gasteiger partial charge in [0.15, 0.2) is 0 Å². The predicted molar refractivity (Wildman–Crippen MR) is 83.8 cm³/mol. The summed E-state index contributed by atoms with van der Waals surface area (Å²) in [5.74, 6) is -0.0986. The van der Waals surface area contributed by atoms with Crippen LogP contribution in [0.5, 0.6) is 0 Å². The fraction of sp³-hybridized carbons (Fsp3) is 0.941. The Morgan fingerprint density at radius 3 is 2.40 bits per heavy atom. The number of esters is 1. The standard InChI is InChI=1S/C17H33NO2/c1-4-5-6-7-11-14-17(2,16(19)20-3)18-15-12-9-8-10-13-15/h15,18H,4-14H2,1-3H3. The van der Waals surface area contributed by atoms with Crippen molar-refractivity contribution in [1.82, 2.24) is 5.32 Å². The Bertz CT molecular complexity index is 274. The molecule has 0 aliphatic heterocycles. The summed E-state index contributed by atoms with van der Waals surface area (Å²) in [4.78, 5) is 12.1. The van der Waals surface area contributed by atoms with E-state index >= 15 is 0 Å². The molecule has 1 rings (SSSR count). The van der Waals surface area contributed by atoms with Crippen LogP contribution in [0.15, 0.2) is 0 Å². The monoisotopic (exact) mass is 283 g/mol. The van der Waals surface area contributed by atoms with Crippen molar-refractivity contribution in [2.75, 3.05) is 7.11 Å². The summed E-state index contributed by atoms with van der Waals surface area (Å²) in [6, 6.07) is 0.489. The number of nitrogens with one attached hydrogen (secondary N) is 1. The van der Waals surface area contributed by atoms with Gasteiger partial charge in [0, 0.05) is 6.04 Å². The number of unbranched alkanes of at least 4 members (excludes halogenated alkanes) is 4. The number of ether oxygens (including phenoxy) is 1. The summed E-state index contributed by atoms with van der Waals surface area (Å²) < 4.78 is 5.03. The van der Waals surface area contributed by atoms with Crippen LogP contribution in [0.3, 0.4) is 0 Å². The highest BCUT2D eigenvalue weighted by Gasteiger charge is 2.35. The van der Waals surface area contributed by atoms with Gasteiger partial charge >= 0.3 is 5.97 Å². The van der Waals surface area contributed by atoms with Crippen molar-refractivity contribution in [2.24, 2.45) is 0 Å². The summed E-state index contributed by atoms with van der Waals surface area (Å²) in [6.45, 7) is 4.25. The van der Waals surface area contributed by atoms with E-state index in [1.165, 1.54) is 64.9 Å². The molecule has 1 N–H and O–H groups in total. The first kappa shape index (κ1) is 17.5. The molecule has 0 radical (unpaired) electrons. The summed E-state index contributed by atoms with van der Waals surface area (Å²) >= 11 is 0. The Labute approximate surface area is 124 Å². The minimum absolute atomic E-state index is 0.0986. The van der Waals surface area contributed by atoms with E-state index < -0.39 is 5.54 Å². The largest absolute Gasteiger partial charge is 0.468 e. The first-order chi connectivity index (χ1) is 9.62. The molecular formula is C17H33NO2. The molecular weight excluding hydrogens is 250 g/mol. The number of methoxy groups -OCH3 is 1. The topological polar surface area (TPSA) is 38.3 Å². The van der Waals surface area contributed by atoms with Crippen molar-refractivity contribution in [2.45, 2.75) is 96.1 Å². The van der Waals surface area contributed by atoms with E-state index in [0.717, 1.165) is 12.8 Å². The van der Waals surface area contributed by atoms with Gasteiger partial charge in [0.25, 0.3) is 0 Å². The average molecular weight is 283 g/mol. The van der Waals surface area contributed by atoms with E-state index in [0.29, 0.717) is 6.04 Å². The molecule has 3 nitrogen and oxygen atoms in total. The normalized spacial score (nSPS) is 19.6. The van der Waals surface area contributed by atoms with Crippen LogP contribution < -0.4 is 5.32 Å². The van der Waals surface area contributed by atoms with Gasteiger partial charge < -0.3 is 4.74 Å².